The normalized spacial score (nSPS) is 22.9. The molecule has 0 aromatic carbocycles. The number of hydrogen-bond acceptors (Lipinski definition) is 4. The third-order valence-corrected chi connectivity index (χ3v) is 3.39. The Morgan fingerprint density at radius 1 is 1.18 bits per heavy atom. The monoisotopic (exact) mass is 236 g/mol. The molecule has 2 aliphatic rings. The van der Waals surface area contributed by atoms with E-state index >= 15 is 0 Å². The molecule has 4 nitrogen and oxygen atoms in total. The summed E-state index contributed by atoms with van der Waals surface area (Å²) in [4.78, 5) is 9.30. The number of rotatable bonds is 0. The summed E-state index contributed by atoms with van der Waals surface area (Å²) in [6.07, 6.45) is 2.19. The van der Waals surface area contributed by atoms with Crippen molar-refractivity contribution in [2.45, 2.75) is 20.8 Å². The molecular formula is C13H24N4. The second-order valence-corrected chi connectivity index (χ2v) is 5.95. The van der Waals surface area contributed by atoms with E-state index in [0.29, 0.717) is 0 Å². The highest BCUT2D eigenvalue weighted by Crippen LogP contribution is 2.24. The third-order valence-electron chi connectivity index (χ3n) is 3.39. The van der Waals surface area contributed by atoms with Gasteiger partial charge in [-0.25, -0.2) is 4.99 Å². The van der Waals surface area contributed by atoms with E-state index in [1.54, 1.807) is 0 Å². The zero-order valence-electron chi connectivity index (χ0n) is 11.5. The number of guanidine groups is 1. The zero-order chi connectivity index (χ0) is 12.5. The van der Waals surface area contributed by atoms with Crippen molar-refractivity contribution in [2.75, 3.05) is 39.8 Å². The van der Waals surface area contributed by atoms with Gasteiger partial charge in [0.15, 0.2) is 5.96 Å². The molecule has 1 saturated heterocycles. The van der Waals surface area contributed by atoms with Gasteiger partial charge in [0.1, 0.15) is 0 Å². The smallest absolute Gasteiger partial charge is 0.198 e. The van der Waals surface area contributed by atoms with E-state index in [1.807, 2.05) is 0 Å². The van der Waals surface area contributed by atoms with Gasteiger partial charge in [-0.3, -0.25) is 0 Å². The standard InChI is InChI=1S/C13H24N4/c1-13(2,3)11-5-6-14-12(15-11)17-9-7-16(4)8-10-17/h5H,6-10H2,1-4H3,(H,14,15). The van der Waals surface area contributed by atoms with Crippen LogP contribution in [0.15, 0.2) is 16.8 Å². The Kier molecular flexibility index (Phi) is 3.43. The van der Waals surface area contributed by atoms with Crippen LogP contribution in [0.3, 0.4) is 0 Å². The maximum absolute atomic E-state index is 4.58. The number of likely N-dealkylation sites (N-methyl/N-ethyl adjacent to an activating group) is 1. The zero-order valence-corrected chi connectivity index (χ0v) is 11.5. The molecular weight excluding hydrogens is 212 g/mol. The summed E-state index contributed by atoms with van der Waals surface area (Å²) in [5.74, 6) is 1.06. The number of nitrogens with zero attached hydrogens (tertiary/aromatic N) is 3. The molecule has 0 aliphatic carbocycles. The summed E-state index contributed by atoms with van der Waals surface area (Å²) >= 11 is 0. The molecule has 0 amide bonds. The number of hydrogen-bond donors (Lipinski definition) is 1. The molecule has 2 aliphatic heterocycles. The van der Waals surface area contributed by atoms with Gasteiger partial charge in [-0.2, -0.15) is 0 Å². The van der Waals surface area contributed by atoms with Crippen molar-refractivity contribution in [3.8, 4) is 0 Å². The van der Waals surface area contributed by atoms with Gasteiger partial charge in [0.05, 0.1) is 6.54 Å². The Bertz CT molecular complexity index is 330. The van der Waals surface area contributed by atoms with Crippen molar-refractivity contribution >= 4 is 5.96 Å². The van der Waals surface area contributed by atoms with Crippen LogP contribution in [0.5, 0.6) is 0 Å². The molecule has 0 bridgehead atoms. The van der Waals surface area contributed by atoms with Gasteiger partial charge in [-0.15, -0.1) is 0 Å². The van der Waals surface area contributed by atoms with Crippen LogP contribution < -0.4 is 5.32 Å². The molecule has 2 heterocycles. The molecule has 0 saturated carbocycles. The first-order chi connectivity index (χ1) is 7.97. The molecule has 0 atom stereocenters. The largest absolute Gasteiger partial charge is 0.340 e. The van der Waals surface area contributed by atoms with Crippen LogP contribution in [0.4, 0.5) is 0 Å². The van der Waals surface area contributed by atoms with Gasteiger partial charge in [0, 0.05) is 37.3 Å². The van der Waals surface area contributed by atoms with Crippen molar-refractivity contribution in [2.24, 2.45) is 10.4 Å². The molecule has 0 spiro atoms. The Morgan fingerprint density at radius 3 is 2.41 bits per heavy atom. The maximum Gasteiger partial charge on any atom is 0.198 e. The molecule has 1 N–H and O–H groups in total. The highest BCUT2D eigenvalue weighted by Gasteiger charge is 2.24. The van der Waals surface area contributed by atoms with Crippen LogP contribution in [-0.4, -0.2) is 55.5 Å². The highest BCUT2D eigenvalue weighted by molar-refractivity contribution is 5.83. The number of nitrogens with one attached hydrogen (secondary N) is 1. The lowest BCUT2D eigenvalue weighted by Gasteiger charge is -2.37. The van der Waals surface area contributed by atoms with Crippen molar-refractivity contribution in [3.63, 3.8) is 0 Å². The summed E-state index contributed by atoms with van der Waals surface area (Å²) in [7, 11) is 2.17. The minimum atomic E-state index is 0.174. The first-order valence-electron chi connectivity index (χ1n) is 6.42. The summed E-state index contributed by atoms with van der Waals surface area (Å²) in [6, 6.07) is 0. The first-order valence-corrected chi connectivity index (χ1v) is 6.42. The summed E-state index contributed by atoms with van der Waals surface area (Å²) in [5.41, 5.74) is 1.47. The Morgan fingerprint density at radius 2 is 1.82 bits per heavy atom. The minimum Gasteiger partial charge on any atom is -0.340 e. The maximum atomic E-state index is 4.58. The summed E-state index contributed by atoms with van der Waals surface area (Å²) in [6.45, 7) is 11.9. The van der Waals surface area contributed by atoms with Crippen LogP contribution in [0.2, 0.25) is 0 Å². The molecule has 17 heavy (non-hydrogen) atoms. The first kappa shape index (κ1) is 12.4. The van der Waals surface area contributed by atoms with E-state index < -0.39 is 0 Å². The number of aliphatic imine (C=N–C) groups is 1. The molecule has 1 fully saturated rings. The van der Waals surface area contributed by atoms with Crippen molar-refractivity contribution in [1.82, 2.24) is 15.1 Å². The van der Waals surface area contributed by atoms with E-state index in [-0.39, 0.29) is 5.41 Å². The molecule has 96 valence electrons. The van der Waals surface area contributed by atoms with E-state index in [9.17, 15) is 0 Å². The number of piperazine rings is 1. The SMILES string of the molecule is CN1CCN(C2=NCC=C(C(C)(C)C)N2)CC1. The highest BCUT2D eigenvalue weighted by atomic mass is 15.3. The molecule has 4 heteroatoms. The average Bonchev–Trinajstić information content (AvgIpc) is 2.29. The lowest BCUT2D eigenvalue weighted by atomic mass is 9.91. The average molecular weight is 236 g/mol. The fraction of sp³-hybridized carbons (Fsp3) is 0.769. The van der Waals surface area contributed by atoms with Gasteiger partial charge >= 0.3 is 0 Å². The van der Waals surface area contributed by atoms with Crippen molar-refractivity contribution in [1.29, 1.82) is 0 Å². The van der Waals surface area contributed by atoms with Gasteiger partial charge < -0.3 is 15.1 Å². The molecule has 0 aromatic rings. The number of allylic oxidation sites excluding steroid dienone is 1. The van der Waals surface area contributed by atoms with Crippen LogP contribution in [-0.2, 0) is 0 Å². The van der Waals surface area contributed by atoms with Gasteiger partial charge in [-0.05, 0) is 13.1 Å². The summed E-state index contributed by atoms with van der Waals surface area (Å²) < 4.78 is 0. The molecule has 0 unspecified atom stereocenters. The van der Waals surface area contributed by atoms with Gasteiger partial charge in [0.25, 0.3) is 0 Å². The Labute approximate surface area is 104 Å². The predicted octanol–water partition coefficient (Wildman–Crippen LogP) is 1.12. The minimum absolute atomic E-state index is 0.174. The Balaban J connectivity index is 1.98. The van der Waals surface area contributed by atoms with Gasteiger partial charge in [0.2, 0.25) is 0 Å². The fourth-order valence-corrected chi connectivity index (χ4v) is 2.13. The van der Waals surface area contributed by atoms with E-state index in [4.69, 9.17) is 0 Å². The van der Waals surface area contributed by atoms with E-state index in [0.717, 1.165) is 38.7 Å². The molecule has 2 rings (SSSR count). The van der Waals surface area contributed by atoms with Crippen LogP contribution >= 0.6 is 0 Å². The molecule has 0 aromatic heterocycles. The second kappa shape index (κ2) is 4.69. The van der Waals surface area contributed by atoms with Crippen LogP contribution in [0.1, 0.15) is 20.8 Å². The topological polar surface area (TPSA) is 30.9 Å². The Hall–Kier alpha value is -1.03. The third kappa shape index (κ3) is 3.00. The van der Waals surface area contributed by atoms with Gasteiger partial charge in [-0.1, -0.05) is 20.8 Å². The van der Waals surface area contributed by atoms with Crippen LogP contribution in [0, 0.1) is 5.41 Å². The molecule has 0 radical (unpaired) electrons. The fourth-order valence-electron chi connectivity index (χ4n) is 2.13. The summed E-state index contributed by atoms with van der Waals surface area (Å²) in [5, 5.41) is 3.50. The quantitative estimate of drug-likeness (QED) is 0.684. The van der Waals surface area contributed by atoms with E-state index in [1.165, 1.54) is 5.70 Å². The van der Waals surface area contributed by atoms with E-state index in [2.05, 4.69) is 54.0 Å². The van der Waals surface area contributed by atoms with Crippen LogP contribution in [0.25, 0.3) is 0 Å². The lowest BCUT2D eigenvalue weighted by Crippen LogP contribution is -2.52. The van der Waals surface area contributed by atoms with Crippen molar-refractivity contribution in [3.05, 3.63) is 11.8 Å². The van der Waals surface area contributed by atoms with Crippen molar-refractivity contribution < 1.29 is 0 Å². The second-order valence-electron chi connectivity index (χ2n) is 5.95. The lowest BCUT2D eigenvalue weighted by molar-refractivity contribution is 0.211. The predicted molar refractivity (Wildman–Crippen MR) is 72.0 cm³/mol.